The molecule has 3 heterocycles. The summed E-state index contributed by atoms with van der Waals surface area (Å²) >= 11 is 0. The molecule has 2 aromatic rings. The number of carboxylic acid groups (broad SMARTS) is 1. The summed E-state index contributed by atoms with van der Waals surface area (Å²) in [4.78, 5) is 28.2. The van der Waals surface area contributed by atoms with E-state index in [2.05, 4.69) is 26.1 Å². The van der Waals surface area contributed by atoms with Crippen LogP contribution in [0.15, 0.2) is 18.6 Å². The Morgan fingerprint density at radius 2 is 1.97 bits per heavy atom. The Bertz CT molecular complexity index is 919. The number of hydrogen-bond acceptors (Lipinski definition) is 5. The highest BCUT2D eigenvalue weighted by molar-refractivity contribution is 5.93. The van der Waals surface area contributed by atoms with Gasteiger partial charge >= 0.3 is 12.1 Å². The van der Waals surface area contributed by atoms with E-state index in [9.17, 15) is 18.0 Å². The second-order valence-corrected chi connectivity index (χ2v) is 7.76. The van der Waals surface area contributed by atoms with Gasteiger partial charge in [-0.2, -0.15) is 18.3 Å². The lowest BCUT2D eigenvalue weighted by atomic mass is 9.85. The lowest BCUT2D eigenvalue weighted by Gasteiger charge is -2.34. The molecule has 2 aliphatic rings. The van der Waals surface area contributed by atoms with Gasteiger partial charge in [0, 0.05) is 39.1 Å². The minimum atomic E-state index is -5.08. The van der Waals surface area contributed by atoms with E-state index in [-0.39, 0.29) is 5.91 Å². The molecule has 1 fully saturated rings. The molecule has 1 aliphatic heterocycles. The summed E-state index contributed by atoms with van der Waals surface area (Å²) < 4.78 is 35.6. The second-order valence-electron chi connectivity index (χ2n) is 7.76. The average Bonchev–Trinajstić information content (AvgIpc) is 3.28. The molecule has 9 nitrogen and oxygen atoms in total. The van der Waals surface area contributed by atoms with E-state index in [4.69, 9.17) is 14.9 Å². The molecule has 2 aromatic heterocycles. The van der Waals surface area contributed by atoms with Crippen molar-refractivity contribution in [2.75, 3.05) is 13.1 Å². The lowest BCUT2D eigenvalue weighted by Crippen LogP contribution is -2.38. The van der Waals surface area contributed by atoms with Gasteiger partial charge in [-0.25, -0.2) is 9.78 Å². The van der Waals surface area contributed by atoms with Gasteiger partial charge in [0.05, 0.1) is 30.5 Å². The van der Waals surface area contributed by atoms with E-state index in [1.807, 2.05) is 0 Å². The van der Waals surface area contributed by atoms with Gasteiger partial charge in [-0.1, -0.05) is 6.42 Å². The van der Waals surface area contributed by atoms with Gasteiger partial charge in [-0.05, 0) is 18.8 Å². The van der Waals surface area contributed by atoms with Crippen LogP contribution >= 0.6 is 0 Å². The Labute approximate surface area is 176 Å². The van der Waals surface area contributed by atoms with Gasteiger partial charge in [0.1, 0.15) is 5.82 Å². The predicted molar refractivity (Wildman–Crippen MR) is 103 cm³/mol. The van der Waals surface area contributed by atoms with Gasteiger partial charge in [0.15, 0.2) is 0 Å². The highest BCUT2D eigenvalue weighted by Crippen LogP contribution is 2.28. The largest absolute Gasteiger partial charge is 0.490 e. The standard InChI is InChI=1S/C17H24N6O.C2HF3O2/c1-21-10-14(7-19-21)17(24)18-8-15-11-23-6-5-22(12-16(23)20-15)9-13-3-2-4-13;3-2(4,5)1(6)7/h7,10-11,13H,2-6,8-9,12H2,1H3,(H,18,24);(H,6,7). The van der Waals surface area contributed by atoms with Crippen molar-refractivity contribution in [1.29, 1.82) is 0 Å². The minimum Gasteiger partial charge on any atom is -0.475 e. The molecule has 170 valence electrons. The molecule has 31 heavy (non-hydrogen) atoms. The van der Waals surface area contributed by atoms with Gasteiger partial charge in [0.2, 0.25) is 0 Å². The Hall–Kier alpha value is -2.89. The third kappa shape index (κ3) is 6.29. The zero-order chi connectivity index (χ0) is 22.6. The van der Waals surface area contributed by atoms with Crippen molar-refractivity contribution in [3.8, 4) is 0 Å². The first-order valence-electron chi connectivity index (χ1n) is 9.96. The number of carboxylic acids is 1. The molecule has 0 unspecified atom stereocenters. The Balaban J connectivity index is 0.000000339. The third-order valence-corrected chi connectivity index (χ3v) is 5.31. The number of amides is 1. The number of alkyl halides is 3. The normalized spacial score (nSPS) is 16.6. The first-order chi connectivity index (χ1) is 14.6. The van der Waals surface area contributed by atoms with Crippen molar-refractivity contribution >= 4 is 11.9 Å². The quantitative estimate of drug-likeness (QED) is 0.732. The topological polar surface area (TPSA) is 105 Å². The molecule has 0 atom stereocenters. The number of rotatable bonds is 5. The summed E-state index contributed by atoms with van der Waals surface area (Å²) in [5, 5.41) is 14.1. The summed E-state index contributed by atoms with van der Waals surface area (Å²) in [7, 11) is 1.80. The molecular weight excluding hydrogens is 417 g/mol. The number of carbonyl (C=O) groups is 2. The molecule has 0 spiro atoms. The Kier molecular flexibility index (Phi) is 6.98. The van der Waals surface area contributed by atoms with Crippen molar-refractivity contribution < 1.29 is 27.9 Å². The zero-order valence-corrected chi connectivity index (χ0v) is 17.1. The van der Waals surface area contributed by atoms with Crippen molar-refractivity contribution in [2.24, 2.45) is 13.0 Å². The molecular formula is C19H25F3N6O3. The van der Waals surface area contributed by atoms with E-state index >= 15 is 0 Å². The highest BCUT2D eigenvalue weighted by Gasteiger charge is 2.38. The molecule has 0 radical (unpaired) electrons. The van der Waals surface area contributed by atoms with Crippen molar-refractivity contribution in [1.82, 2.24) is 29.5 Å². The maximum atomic E-state index is 12.1. The zero-order valence-electron chi connectivity index (χ0n) is 17.1. The first kappa shape index (κ1) is 22.8. The fourth-order valence-corrected chi connectivity index (χ4v) is 3.45. The predicted octanol–water partition coefficient (Wildman–Crippen LogP) is 1.80. The van der Waals surface area contributed by atoms with Crippen LogP contribution in [-0.2, 0) is 31.5 Å². The summed E-state index contributed by atoms with van der Waals surface area (Å²) in [5.41, 5.74) is 1.50. The van der Waals surface area contributed by atoms with Crippen molar-refractivity contribution in [3.05, 3.63) is 35.7 Å². The number of nitrogens with zero attached hydrogens (tertiary/aromatic N) is 5. The molecule has 1 saturated carbocycles. The summed E-state index contributed by atoms with van der Waals surface area (Å²) in [6.07, 6.45) is 4.44. The van der Waals surface area contributed by atoms with Crippen LogP contribution in [0.4, 0.5) is 13.2 Å². The monoisotopic (exact) mass is 442 g/mol. The fourth-order valence-electron chi connectivity index (χ4n) is 3.45. The number of aromatic nitrogens is 4. The summed E-state index contributed by atoms with van der Waals surface area (Å²) in [6.45, 7) is 4.68. The van der Waals surface area contributed by atoms with E-state index in [1.54, 1.807) is 24.1 Å². The van der Waals surface area contributed by atoms with Crippen molar-refractivity contribution in [3.63, 3.8) is 0 Å². The number of aliphatic carboxylic acids is 1. The minimum absolute atomic E-state index is 0.110. The smallest absolute Gasteiger partial charge is 0.475 e. The maximum Gasteiger partial charge on any atom is 0.490 e. The van der Waals surface area contributed by atoms with E-state index in [1.165, 1.54) is 25.8 Å². The van der Waals surface area contributed by atoms with Gasteiger partial charge in [0.25, 0.3) is 5.91 Å². The number of halogens is 3. The first-order valence-corrected chi connectivity index (χ1v) is 9.96. The van der Waals surface area contributed by atoms with Gasteiger partial charge in [-0.15, -0.1) is 0 Å². The molecule has 0 saturated heterocycles. The third-order valence-electron chi connectivity index (χ3n) is 5.31. The van der Waals surface area contributed by atoms with E-state index in [0.717, 1.165) is 37.1 Å². The van der Waals surface area contributed by atoms with Crippen LogP contribution in [0.1, 0.15) is 41.1 Å². The van der Waals surface area contributed by atoms with E-state index < -0.39 is 12.1 Å². The molecule has 2 N–H and O–H groups in total. The molecule has 0 bridgehead atoms. The number of fused-ring (bicyclic) bond motifs is 1. The van der Waals surface area contributed by atoms with Gasteiger partial charge in [-0.3, -0.25) is 14.4 Å². The highest BCUT2D eigenvalue weighted by atomic mass is 19.4. The fraction of sp³-hybridized carbons (Fsp3) is 0.579. The second kappa shape index (κ2) is 9.50. The Morgan fingerprint density at radius 1 is 1.26 bits per heavy atom. The SMILES string of the molecule is Cn1cc(C(=O)NCc2cn3c(n2)CN(CC2CCC2)CC3)cn1.O=C(O)C(F)(F)F. The molecule has 0 aromatic carbocycles. The van der Waals surface area contributed by atoms with E-state index in [0.29, 0.717) is 12.1 Å². The number of aryl methyl sites for hydroxylation is 1. The molecule has 12 heteroatoms. The van der Waals surface area contributed by atoms with Crippen LogP contribution in [0.25, 0.3) is 0 Å². The van der Waals surface area contributed by atoms with Crippen LogP contribution in [0.2, 0.25) is 0 Å². The van der Waals surface area contributed by atoms with Crippen LogP contribution in [0, 0.1) is 5.92 Å². The number of carbonyl (C=O) groups excluding carboxylic acids is 1. The van der Waals surface area contributed by atoms with Crippen LogP contribution in [0.3, 0.4) is 0 Å². The number of hydrogen-bond donors (Lipinski definition) is 2. The number of imidazole rings is 1. The number of nitrogens with one attached hydrogen (secondary N) is 1. The molecule has 1 aliphatic carbocycles. The summed E-state index contributed by atoms with van der Waals surface area (Å²) in [5.74, 6) is -0.857. The molecule has 1 amide bonds. The van der Waals surface area contributed by atoms with Crippen molar-refractivity contribution in [2.45, 2.75) is 45.1 Å². The maximum absolute atomic E-state index is 12.1. The lowest BCUT2D eigenvalue weighted by molar-refractivity contribution is -0.192. The molecule has 4 rings (SSSR count). The Morgan fingerprint density at radius 3 is 2.52 bits per heavy atom. The van der Waals surface area contributed by atoms with Crippen LogP contribution < -0.4 is 5.32 Å². The van der Waals surface area contributed by atoms with Crippen LogP contribution in [0.5, 0.6) is 0 Å². The average molecular weight is 442 g/mol. The van der Waals surface area contributed by atoms with Gasteiger partial charge < -0.3 is 15.0 Å². The summed E-state index contributed by atoms with van der Waals surface area (Å²) in [6, 6.07) is 0. The van der Waals surface area contributed by atoms with Crippen LogP contribution in [-0.4, -0.2) is 60.5 Å².